The van der Waals surface area contributed by atoms with Crippen molar-refractivity contribution in [2.24, 2.45) is 0 Å². The summed E-state index contributed by atoms with van der Waals surface area (Å²) in [7, 11) is 0. The van der Waals surface area contributed by atoms with Crippen LogP contribution in [0, 0.1) is 6.92 Å². The number of anilines is 2. The summed E-state index contributed by atoms with van der Waals surface area (Å²) in [4.78, 5) is 36.6. The molecule has 0 aromatic heterocycles. The van der Waals surface area contributed by atoms with Crippen molar-refractivity contribution in [3.63, 3.8) is 0 Å². The number of nitrogens with one attached hydrogen (secondary N) is 2. The molecule has 0 saturated carbocycles. The normalized spacial score (nSPS) is 10.4. The third-order valence-corrected chi connectivity index (χ3v) is 5.69. The average Bonchev–Trinajstić information content (AvgIpc) is 2.74. The van der Waals surface area contributed by atoms with Gasteiger partial charge in [-0.05, 0) is 61.0 Å². The molecule has 2 amide bonds. The number of aromatic carboxylic acids is 1. The molecule has 0 atom stereocenters. The van der Waals surface area contributed by atoms with E-state index in [9.17, 15) is 14.4 Å². The fourth-order valence-corrected chi connectivity index (χ4v) is 3.67. The SMILES string of the molecule is Cc1ccccc1C(=O)Nc1ccc(SCC(=O)Nc2ccc(Cl)c(C(=O)O)c2)cc1. The highest BCUT2D eigenvalue weighted by Crippen LogP contribution is 2.23. The first-order valence-corrected chi connectivity index (χ1v) is 10.6. The Bertz CT molecular complexity index is 1130. The van der Waals surface area contributed by atoms with Crippen molar-refractivity contribution in [3.05, 3.63) is 88.4 Å². The van der Waals surface area contributed by atoms with Crippen molar-refractivity contribution in [1.29, 1.82) is 0 Å². The highest BCUT2D eigenvalue weighted by atomic mass is 35.5. The minimum atomic E-state index is -1.16. The summed E-state index contributed by atoms with van der Waals surface area (Å²) in [6.45, 7) is 1.88. The van der Waals surface area contributed by atoms with E-state index in [1.807, 2.05) is 37.3 Å². The number of amides is 2. The standard InChI is InChI=1S/C23H19ClN2O4S/c1-14-4-2-3-5-18(14)22(28)26-15-6-9-17(10-7-15)31-13-21(27)25-16-8-11-20(24)19(12-16)23(29)30/h2-12H,13H2,1H3,(H,25,27)(H,26,28)(H,29,30). The molecule has 0 aliphatic rings. The molecule has 0 fully saturated rings. The molecule has 3 aromatic rings. The monoisotopic (exact) mass is 454 g/mol. The third-order valence-electron chi connectivity index (χ3n) is 4.35. The number of carboxylic acids is 1. The maximum atomic E-state index is 12.4. The smallest absolute Gasteiger partial charge is 0.337 e. The minimum Gasteiger partial charge on any atom is -0.478 e. The topological polar surface area (TPSA) is 95.5 Å². The van der Waals surface area contributed by atoms with Crippen LogP contribution in [0.1, 0.15) is 26.3 Å². The van der Waals surface area contributed by atoms with Crippen molar-refractivity contribution >= 4 is 52.5 Å². The van der Waals surface area contributed by atoms with Crippen LogP contribution >= 0.6 is 23.4 Å². The number of thioether (sulfide) groups is 1. The lowest BCUT2D eigenvalue weighted by molar-refractivity contribution is -0.113. The molecule has 6 nitrogen and oxygen atoms in total. The van der Waals surface area contributed by atoms with Gasteiger partial charge < -0.3 is 15.7 Å². The van der Waals surface area contributed by atoms with Gasteiger partial charge in [-0.2, -0.15) is 0 Å². The second kappa shape index (κ2) is 10.1. The van der Waals surface area contributed by atoms with Crippen LogP contribution in [0.4, 0.5) is 11.4 Å². The van der Waals surface area contributed by atoms with E-state index >= 15 is 0 Å². The van der Waals surface area contributed by atoms with Gasteiger partial charge in [-0.25, -0.2) is 4.79 Å². The molecule has 8 heteroatoms. The van der Waals surface area contributed by atoms with Gasteiger partial charge in [0.1, 0.15) is 0 Å². The largest absolute Gasteiger partial charge is 0.478 e. The van der Waals surface area contributed by atoms with Crippen LogP contribution < -0.4 is 10.6 Å². The number of rotatable bonds is 7. The number of halogens is 1. The van der Waals surface area contributed by atoms with Crippen LogP contribution in [-0.4, -0.2) is 28.6 Å². The van der Waals surface area contributed by atoms with E-state index in [0.717, 1.165) is 10.5 Å². The van der Waals surface area contributed by atoms with Crippen LogP contribution in [0.5, 0.6) is 0 Å². The molecule has 3 rings (SSSR count). The van der Waals surface area contributed by atoms with Crippen molar-refractivity contribution in [2.45, 2.75) is 11.8 Å². The molecule has 0 radical (unpaired) electrons. The van der Waals surface area contributed by atoms with Gasteiger partial charge in [-0.3, -0.25) is 9.59 Å². The van der Waals surface area contributed by atoms with E-state index in [2.05, 4.69) is 10.6 Å². The predicted octanol–water partition coefficient (Wildman–Crippen LogP) is 5.33. The van der Waals surface area contributed by atoms with Crippen LogP contribution in [0.15, 0.2) is 71.6 Å². The van der Waals surface area contributed by atoms with Crippen LogP contribution in [0.2, 0.25) is 5.02 Å². The Hall–Kier alpha value is -3.29. The number of aryl methyl sites for hydroxylation is 1. The van der Waals surface area contributed by atoms with Crippen molar-refractivity contribution in [2.75, 3.05) is 16.4 Å². The summed E-state index contributed by atoms with van der Waals surface area (Å²) >= 11 is 7.15. The third kappa shape index (κ3) is 6.10. The average molecular weight is 455 g/mol. The zero-order valence-corrected chi connectivity index (χ0v) is 18.1. The summed E-state index contributed by atoms with van der Waals surface area (Å²) in [6.07, 6.45) is 0. The molecular formula is C23H19ClN2O4S. The van der Waals surface area contributed by atoms with Gasteiger partial charge in [0.15, 0.2) is 0 Å². The molecule has 0 aliphatic carbocycles. The molecule has 3 aromatic carbocycles. The molecule has 3 N–H and O–H groups in total. The molecular weight excluding hydrogens is 436 g/mol. The van der Waals surface area contributed by atoms with E-state index in [4.69, 9.17) is 16.7 Å². The molecule has 158 valence electrons. The number of hydrogen-bond acceptors (Lipinski definition) is 4. The first-order chi connectivity index (χ1) is 14.8. The summed E-state index contributed by atoms with van der Waals surface area (Å²) in [5.41, 5.74) is 2.46. The Morgan fingerprint density at radius 2 is 1.58 bits per heavy atom. The lowest BCUT2D eigenvalue weighted by Crippen LogP contribution is -2.14. The number of hydrogen-bond donors (Lipinski definition) is 3. The Balaban J connectivity index is 1.54. The van der Waals surface area contributed by atoms with E-state index in [1.165, 1.54) is 23.9 Å². The first kappa shape index (κ1) is 22.4. The van der Waals surface area contributed by atoms with Crippen LogP contribution in [0.3, 0.4) is 0 Å². The number of carboxylic acid groups (broad SMARTS) is 1. The van der Waals surface area contributed by atoms with Crippen molar-refractivity contribution in [3.8, 4) is 0 Å². The molecule has 0 heterocycles. The van der Waals surface area contributed by atoms with E-state index < -0.39 is 5.97 Å². The first-order valence-electron chi connectivity index (χ1n) is 9.26. The number of carbonyl (C=O) groups excluding carboxylic acids is 2. The second-order valence-electron chi connectivity index (χ2n) is 6.63. The molecule has 0 saturated heterocycles. The van der Waals surface area contributed by atoms with Crippen LogP contribution in [-0.2, 0) is 4.79 Å². The lowest BCUT2D eigenvalue weighted by atomic mass is 10.1. The zero-order chi connectivity index (χ0) is 22.4. The molecule has 0 unspecified atom stereocenters. The molecule has 31 heavy (non-hydrogen) atoms. The van der Waals surface area contributed by atoms with Gasteiger partial charge in [0, 0.05) is 21.8 Å². The number of carbonyl (C=O) groups is 3. The zero-order valence-electron chi connectivity index (χ0n) is 16.5. The van der Waals surface area contributed by atoms with Crippen molar-refractivity contribution in [1.82, 2.24) is 0 Å². The van der Waals surface area contributed by atoms with E-state index in [-0.39, 0.29) is 28.2 Å². The van der Waals surface area contributed by atoms with E-state index in [1.54, 1.807) is 24.3 Å². The molecule has 0 aliphatic heterocycles. The van der Waals surface area contributed by atoms with E-state index in [0.29, 0.717) is 16.9 Å². The second-order valence-corrected chi connectivity index (χ2v) is 8.09. The summed E-state index contributed by atoms with van der Waals surface area (Å²) < 4.78 is 0. The molecule has 0 spiro atoms. The van der Waals surface area contributed by atoms with Gasteiger partial charge in [0.05, 0.1) is 16.3 Å². The van der Waals surface area contributed by atoms with Crippen molar-refractivity contribution < 1.29 is 19.5 Å². The summed E-state index contributed by atoms with van der Waals surface area (Å²) in [5.74, 6) is -1.48. The number of benzene rings is 3. The Labute approximate surface area is 188 Å². The fraction of sp³-hybridized carbons (Fsp3) is 0.0870. The summed E-state index contributed by atoms with van der Waals surface area (Å²) in [6, 6.07) is 18.8. The van der Waals surface area contributed by atoms with Gasteiger partial charge >= 0.3 is 5.97 Å². The maximum absolute atomic E-state index is 12.4. The molecule has 0 bridgehead atoms. The Kier molecular flexibility index (Phi) is 7.33. The predicted molar refractivity (Wildman–Crippen MR) is 123 cm³/mol. The van der Waals surface area contributed by atoms with Gasteiger partial charge in [0.2, 0.25) is 5.91 Å². The fourth-order valence-electron chi connectivity index (χ4n) is 2.77. The summed E-state index contributed by atoms with van der Waals surface area (Å²) in [5, 5.41) is 14.7. The minimum absolute atomic E-state index is 0.0737. The maximum Gasteiger partial charge on any atom is 0.337 e. The lowest BCUT2D eigenvalue weighted by Gasteiger charge is -2.09. The Morgan fingerprint density at radius 1 is 0.903 bits per heavy atom. The highest BCUT2D eigenvalue weighted by molar-refractivity contribution is 8.00. The quantitative estimate of drug-likeness (QED) is 0.419. The van der Waals surface area contributed by atoms with Gasteiger partial charge in [0.25, 0.3) is 5.91 Å². The van der Waals surface area contributed by atoms with Crippen LogP contribution in [0.25, 0.3) is 0 Å². The van der Waals surface area contributed by atoms with Gasteiger partial charge in [-0.1, -0.05) is 29.8 Å². The highest BCUT2D eigenvalue weighted by Gasteiger charge is 2.12. The van der Waals surface area contributed by atoms with Gasteiger partial charge in [-0.15, -0.1) is 11.8 Å². The Morgan fingerprint density at radius 3 is 2.26 bits per heavy atom.